The summed E-state index contributed by atoms with van der Waals surface area (Å²) in [4.78, 5) is 2.42. The Labute approximate surface area is 150 Å². The molecule has 1 saturated heterocycles. The lowest BCUT2D eigenvalue weighted by molar-refractivity contribution is -0.00404. The summed E-state index contributed by atoms with van der Waals surface area (Å²) < 4.78 is 32.1. The number of nitrogens with zero attached hydrogens (tertiary/aromatic N) is 2. The fourth-order valence-electron chi connectivity index (χ4n) is 3.43. The normalized spacial score (nSPS) is 16.4. The van der Waals surface area contributed by atoms with Gasteiger partial charge in [0.05, 0.1) is 24.4 Å². The van der Waals surface area contributed by atoms with Crippen LogP contribution in [0.15, 0.2) is 42.6 Å². The van der Waals surface area contributed by atoms with Gasteiger partial charge in [0.25, 0.3) is 0 Å². The number of nitrogens with one attached hydrogen (secondary N) is 1. The van der Waals surface area contributed by atoms with E-state index in [1.165, 1.54) is 11.6 Å². The number of likely N-dealkylation sites (tertiary alicyclic amines) is 1. The van der Waals surface area contributed by atoms with Crippen molar-refractivity contribution in [1.29, 1.82) is 0 Å². The molecule has 2 aromatic carbocycles. The summed E-state index contributed by atoms with van der Waals surface area (Å²) in [5, 5.41) is 8.15. The molecule has 3 aromatic rings. The van der Waals surface area contributed by atoms with E-state index in [0.717, 1.165) is 49.4 Å². The minimum atomic E-state index is -0.824. The first-order valence-electron chi connectivity index (χ1n) is 8.87. The average molecular weight is 357 g/mol. The van der Waals surface area contributed by atoms with Crippen molar-refractivity contribution >= 4 is 10.9 Å². The molecule has 1 aromatic heterocycles. The lowest BCUT2D eigenvalue weighted by Crippen LogP contribution is -2.36. The lowest BCUT2D eigenvalue weighted by Gasteiger charge is -2.32. The summed E-state index contributed by atoms with van der Waals surface area (Å²) in [5.74, 6) is -1.65. The van der Waals surface area contributed by atoms with Crippen LogP contribution in [0.5, 0.6) is 0 Å². The fraction of sp³-hybridized carbons (Fsp3) is 0.350. The van der Waals surface area contributed by atoms with Gasteiger partial charge in [-0.25, -0.2) is 8.78 Å². The maximum absolute atomic E-state index is 13.2. The van der Waals surface area contributed by atoms with Crippen LogP contribution in [0.1, 0.15) is 24.0 Å². The topological polar surface area (TPSA) is 41.1 Å². The van der Waals surface area contributed by atoms with Crippen molar-refractivity contribution in [3.8, 4) is 0 Å². The summed E-state index contributed by atoms with van der Waals surface area (Å²) in [6.45, 7) is 3.16. The molecule has 0 aliphatic carbocycles. The Morgan fingerprint density at radius 1 is 1.04 bits per heavy atom. The van der Waals surface area contributed by atoms with Gasteiger partial charge in [-0.3, -0.25) is 10.00 Å². The standard InChI is InChI=1S/C20H21F2N3O/c21-18-3-1-15(10-19(18)22)13-26-17-5-7-25(8-6-17)12-14-2-4-20-16(9-14)11-23-24-20/h1-4,9-11,17H,5-8,12-13H2,(H,23,24). The van der Waals surface area contributed by atoms with Gasteiger partial charge in [0, 0.05) is 25.0 Å². The molecular formula is C20H21F2N3O. The van der Waals surface area contributed by atoms with Crippen molar-refractivity contribution in [2.75, 3.05) is 13.1 Å². The van der Waals surface area contributed by atoms with Gasteiger partial charge in [-0.15, -0.1) is 0 Å². The van der Waals surface area contributed by atoms with Crippen LogP contribution in [0, 0.1) is 11.6 Å². The predicted octanol–water partition coefficient (Wildman–Crippen LogP) is 4.02. The third kappa shape index (κ3) is 3.92. The molecule has 0 atom stereocenters. The van der Waals surface area contributed by atoms with Gasteiger partial charge in [0.1, 0.15) is 0 Å². The van der Waals surface area contributed by atoms with Gasteiger partial charge in [-0.2, -0.15) is 5.10 Å². The number of aromatic nitrogens is 2. The number of hydrogen-bond donors (Lipinski definition) is 1. The third-order valence-corrected chi connectivity index (χ3v) is 4.92. The maximum atomic E-state index is 13.2. The molecule has 1 aliphatic heterocycles. The van der Waals surface area contributed by atoms with Crippen molar-refractivity contribution in [3.63, 3.8) is 0 Å². The minimum Gasteiger partial charge on any atom is -0.373 e. The van der Waals surface area contributed by atoms with E-state index in [-0.39, 0.29) is 6.10 Å². The molecule has 0 spiro atoms. The zero-order valence-corrected chi connectivity index (χ0v) is 14.4. The summed E-state index contributed by atoms with van der Waals surface area (Å²) in [5.41, 5.74) is 3.00. The summed E-state index contributed by atoms with van der Waals surface area (Å²) in [6.07, 6.45) is 3.89. The van der Waals surface area contributed by atoms with Crippen LogP contribution in [0.4, 0.5) is 8.78 Å². The van der Waals surface area contributed by atoms with Gasteiger partial charge >= 0.3 is 0 Å². The van der Waals surface area contributed by atoms with Gasteiger partial charge in [-0.1, -0.05) is 12.1 Å². The Bertz CT molecular complexity index is 888. The number of benzene rings is 2. The van der Waals surface area contributed by atoms with Crippen molar-refractivity contribution in [1.82, 2.24) is 15.1 Å². The molecule has 0 radical (unpaired) electrons. The van der Waals surface area contributed by atoms with Gasteiger partial charge in [0.15, 0.2) is 11.6 Å². The molecule has 0 amide bonds. The van der Waals surface area contributed by atoms with Crippen LogP contribution >= 0.6 is 0 Å². The van der Waals surface area contributed by atoms with Crippen LogP contribution in [0.25, 0.3) is 10.9 Å². The Kier molecular flexibility index (Phi) is 4.95. The highest BCUT2D eigenvalue weighted by Gasteiger charge is 2.20. The van der Waals surface area contributed by atoms with Crippen molar-refractivity contribution < 1.29 is 13.5 Å². The monoisotopic (exact) mass is 357 g/mol. The smallest absolute Gasteiger partial charge is 0.159 e. The summed E-state index contributed by atoms with van der Waals surface area (Å²) in [7, 11) is 0. The molecule has 136 valence electrons. The largest absolute Gasteiger partial charge is 0.373 e. The number of aromatic amines is 1. The SMILES string of the molecule is Fc1ccc(COC2CCN(Cc3ccc4[nH]ncc4c3)CC2)cc1F. The fourth-order valence-corrected chi connectivity index (χ4v) is 3.43. The second-order valence-corrected chi connectivity index (χ2v) is 6.83. The number of H-pyrrole nitrogens is 1. The van der Waals surface area contributed by atoms with E-state index in [2.05, 4.69) is 33.3 Å². The first-order valence-corrected chi connectivity index (χ1v) is 8.87. The Balaban J connectivity index is 1.26. The van der Waals surface area contributed by atoms with Crippen molar-refractivity contribution in [2.24, 2.45) is 0 Å². The second kappa shape index (κ2) is 7.51. The predicted molar refractivity (Wildman–Crippen MR) is 95.5 cm³/mol. The molecule has 26 heavy (non-hydrogen) atoms. The summed E-state index contributed by atoms with van der Waals surface area (Å²) >= 11 is 0. The summed E-state index contributed by atoms with van der Waals surface area (Å²) in [6, 6.07) is 10.3. The molecule has 1 aliphatic rings. The third-order valence-electron chi connectivity index (χ3n) is 4.92. The van der Waals surface area contributed by atoms with E-state index in [9.17, 15) is 8.78 Å². The lowest BCUT2D eigenvalue weighted by atomic mass is 10.1. The van der Waals surface area contributed by atoms with E-state index < -0.39 is 11.6 Å². The number of piperidine rings is 1. The maximum Gasteiger partial charge on any atom is 0.159 e. The Hall–Kier alpha value is -2.31. The molecule has 2 heterocycles. The van der Waals surface area contributed by atoms with Crippen LogP contribution in [0.3, 0.4) is 0 Å². The second-order valence-electron chi connectivity index (χ2n) is 6.83. The molecule has 6 heteroatoms. The van der Waals surface area contributed by atoms with E-state index in [1.54, 1.807) is 6.07 Å². The number of ether oxygens (including phenoxy) is 1. The first-order chi connectivity index (χ1) is 12.7. The van der Waals surface area contributed by atoms with E-state index in [0.29, 0.717) is 12.2 Å². The zero-order chi connectivity index (χ0) is 17.9. The van der Waals surface area contributed by atoms with E-state index in [1.807, 2.05) is 6.20 Å². The molecule has 4 rings (SSSR count). The quantitative estimate of drug-likeness (QED) is 0.750. The highest BCUT2D eigenvalue weighted by atomic mass is 19.2. The van der Waals surface area contributed by atoms with Crippen LogP contribution in [0.2, 0.25) is 0 Å². The number of hydrogen-bond acceptors (Lipinski definition) is 3. The first kappa shape index (κ1) is 17.1. The van der Waals surface area contributed by atoms with Gasteiger partial charge < -0.3 is 4.74 Å². The molecule has 0 saturated carbocycles. The highest BCUT2D eigenvalue weighted by molar-refractivity contribution is 5.78. The average Bonchev–Trinajstić information content (AvgIpc) is 3.12. The zero-order valence-electron chi connectivity index (χ0n) is 14.4. The number of fused-ring (bicyclic) bond motifs is 1. The molecule has 0 unspecified atom stereocenters. The minimum absolute atomic E-state index is 0.163. The molecular weight excluding hydrogens is 336 g/mol. The molecule has 1 fully saturated rings. The Morgan fingerprint density at radius 3 is 2.65 bits per heavy atom. The van der Waals surface area contributed by atoms with Crippen LogP contribution in [-0.4, -0.2) is 34.3 Å². The highest BCUT2D eigenvalue weighted by Crippen LogP contribution is 2.20. The van der Waals surface area contributed by atoms with Gasteiger partial charge in [0.2, 0.25) is 0 Å². The van der Waals surface area contributed by atoms with E-state index >= 15 is 0 Å². The molecule has 1 N–H and O–H groups in total. The molecule has 4 nitrogen and oxygen atoms in total. The van der Waals surface area contributed by atoms with Crippen molar-refractivity contribution in [2.45, 2.75) is 32.1 Å². The van der Waals surface area contributed by atoms with Crippen LogP contribution in [-0.2, 0) is 17.9 Å². The number of rotatable bonds is 5. The van der Waals surface area contributed by atoms with E-state index in [4.69, 9.17) is 4.74 Å². The van der Waals surface area contributed by atoms with Crippen LogP contribution < -0.4 is 0 Å². The molecule has 0 bridgehead atoms. The Morgan fingerprint density at radius 2 is 1.85 bits per heavy atom. The number of halogens is 2. The van der Waals surface area contributed by atoms with Gasteiger partial charge in [-0.05, 0) is 48.2 Å². The van der Waals surface area contributed by atoms with Crippen molar-refractivity contribution in [3.05, 3.63) is 65.4 Å².